The fraction of sp³-hybridized carbons (Fsp3) is 0.579. The average molecular weight is 474 g/mol. The minimum Gasteiger partial charge on any atom is -0.374 e. The molecule has 3 N–H and O–H groups in total. The summed E-state index contributed by atoms with van der Waals surface area (Å²) in [6.45, 7) is 6.41. The third-order valence-corrected chi connectivity index (χ3v) is 3.92. The molecular weight excluding hydrogens is 443 g/mol. The number of halogens is 1. The molecule has 1 aromatic carbocycles. The molecule has 0 spiro atoms. The van der Waals surface area contributed by atoms with E-state index >= 15 is 0 Å². The van der Waals surface area contributed by atoms with Gasteiger partial charge >= 0.3 is 0 Å². The Bertz CT molecular complexity index is 550. The van der Waals surface area contributed by atoms with Gasteiger partial charge in [-0.3, -0.25) is 4.79 Å². The first kappa shape index (κ1) is 22.7. The van der Waals surface area contributed by atoms with Crippen molar-refractivity contribution >= 4 is 35.8 Å². The molecule has 1 aliphatic carbocycles. The Morgan fingerprint density at radius 1 is 1.27 bits per heavy atom. The lowest BCUT2D eigenvalue weighted by atomic mass is 10.1. The third-order valence-electron chi connectivity index (χ3n) is 3.92. The Hall–Kier alpha value is -1.35. The quantitative estimate of drug-likeness (QED) is 0.211. The van der Waals surface area contributed by atoms with Gasteiger partial charge in [-0.25, -0.2) is 4.99 Å². The van der Waals surface area contributed by atoms with Crippen molar-refractivity contribution in [3.05, 3.63) is 35.9 Å². The summed E-state index contributed by atoms with van der Waals surface area (Å²) in [4.78, 5) is 16.0. The van der Waals surface area contributed by atoms with E-state index in [9.17, 15) is 4.79 Å². The number of hydrogen-bond donors (Lipinski definition) is 3. The number of hydrogen-bond acceptors (Lipinski definition) is 3. The van der Waals surface area contributed by atoms with Gasteiger partial charge in [0.2, 0.25) is 5.91 Å². The molecule has 1 fully saturated rings. The van der Waals surface area contributed by atoms with Crippen LogP contribution in [-0.4, -0.2) is 44.1 Å². The van der Waals surface area contributed by atoms with E-state index in [1.165, 1.54) is 5.56 Å². The monoisotopic (exact) mass is 474 g/mol. The number of rotatable bonds is 10. The lowest BCUT2D eigenvalue weighted by Gasteiger charge is -2.14. The van der Waals surface area contributed by atoms with Crippen molar-refractivity contribution in [3.8, 4) is 0 Å². The van der Waals surface area contributed by atoms with Gasteiger partial charge in [0.1, 0.15) is 6.54 Å². The van der Waals surface area contributed by atoms with Crippen LogP contribution in [0.15, 0.2) is 35.3 Å². The second-order valence-corrected chi connectivity index (χ2v) is 6.24. The van der Waals surface area contributed by atoms with Crippen molar-refractivity contribution in [2.45, 2.75) is 45.3 Å². The molecule has 146 valence electrons. The summed E-state index contributed by atoms with van der Waals surface area (Å²) >= 11 is 0. The molecule has 26 heavy (non-hydrogen) atoms. The minimum absolute atomic E-state index is 0. The summed E-state index contributed by atoms with van der Waals surface area (Å²) in [5.41, 5.74) is 1.19. The normalized spacial score (nSPS) is 14.9. The molecule has 0 aliphatic heterocycles. The maximum atomic E-state index is 11.7. The van der Waals surface area contributed by atoms with Crippen LogP contribution in [0, 0.1) is 0 Å². The molecule has 0 radical (unpaired) electrons. The fourth-order valence-electron chi connectivity index (χ4n) is 2.35. The van der Waals surface area contributed by atoms with Crippen LogP contribution in [0.1, 0.15) is 44.8 Å². The third kappa shape index (κ3) is 9.38. The molecule has 1 aliphatic rings. The first-order valence-electron chi connectivity index (χ1n) is 9.17. The van der Waals surface area contributed by atoms with Gasteiger partial charge in [-0.2, -0.15) is 0 Å². The molecule has 0 bridgehead atoms. The lowest BCUT2D eigenvalue weighted by molar-refractivity contribution is -0.119. The predicted octanol–water partition coefficient (Wildman–Crippen LogP) is 2.61. The van der Waals surface area contributed by atoms with Gasteiger partial charge in [-0.1, -0.05) is 30.3 Å². The first-order valence-corrected chi connectivity index (χ1v) is 9.17. The van der Waals surface area contributed by atoms with Crippen molar-refractivity contribution in [3.63, 3.8) is 0 Å². The van der Waals surface area contributed by atoms with E-state index in [0.29, 0.717) is 18.6 Å². The number of carbonyl (C=O) groups is 1. The molecule has 0 heterocycles. The predicted molar refractivity (Wildman–Crippen MR) is 116 cm³/mol. The van der Waals surface area contributed by atoms with Crippen LogP contribution in [0.3, 0.4) is 0 Å². The zero-order valence-electron chi connectivity index (χ0n) is 15.7. The van der Waals surface area contributed by atoms with E-state index in [0.717, 1.165) is 32.4 Å². The maximum Gasteiger partial charge on any atom is 0.242 e. The van der Waals surface area contributed by atoms with Gasteiger partial charge in [0.05, 0.1) is 6.10 Å². The van der Waals surface area contributed by atoms with Gasteiger partial charge in [0.15, 0.2) is 5.96 Å². The summed E-state index contributed by atoms with van der Waals surface area (Å²) in [5.74, 6) is 0.657. The summed E-state index contributed by atoms with van der Waals surface area (Å²) in [5, 5.41) is 9.32. The number of benzene rings is 1. The molecule has 6 nitrogen and oxygen atoms in total. The van der Waals surface area contributed by atoms with Gasteiger partial charge in [-0.15, -0.1) is 24.0 Å². The lowest BCUT2D eigenvalue weighted by Crippen LogP contribution is -2.39. The van der Waals surface area contributed by atoms with Crippen molar-refractivity contribution in [2.24, 2.45) is 4.99 Å². The van der Waals surface area contributed by atoms with Crippen LogP contribution < -0.4 is 16.0 Å². The van der Waals surface area contributed by atoms with Crippen LogP contribution in [0.5, 0.6) is 0 Å². The molecule has 1 aromatic rings. The number of nitrogens with one attached hydrogen (secondary N) is 3. The van der Waals surface area contributed by atoms with Crippen molar-refractivity contribution < 1.29 is 9.53 Å². The second-order valence-electron chi connectivity index (χ2n) is 6.24. The SMILES string of the molecule is CCNC(=NCC(=O)NC1CC1)NCCCOC(C)c1ccccc1.I. The number of amides is 1. The maximum absolute atomic E-state index is 11.7. The van der Waals surface area contributed by atoms with Gasteiger partial charge in [-0.05, 0) is 38.7 Å². The molecule has 7 heteroatoms. The van der Waals surface area contributed by atoms with Crippen LogP contribution in [0.2, 0.25) is 0 Å². The smallest absolute Gasteiger partial charge is 0.242 e. The van der Waals surface area contributed by atoms with Crippen molar-refractivity contribution in [1.82, 2.24) is 16.0 Å². The number of ether oxygens (including phenoxy) is 1. The van der Waals surface area contributed by atoms with Crippen LogP contribution in [0.4, 0.5) is 0 Å². The first-order chi connectivity index (χ1) is 12.2. The molecule has 0 saturated heterocycles. The zero-order chi connectivity index (χ0) is 17.9. The number of aliphatic imine (C=N–C) groups is 1. The van der Waals surface area contributed by atoms with E-state index in [1.807, 2.05) is 25.1 Å². The molecule has 1 atom stereocenters. The van der Waals surface area contributed by atoms with Crippen LogP contribution in [0.25, 0.3) is 0 Å². The zero-order valence-corrected chi connectivity index (χ0v) is 18.0. The van der Waals surface area contributed by atoms with Gasteiger partial charge < -0.3 is 20.7 Å². The standard InChI is InChI=1S/C19H30N4O2.HI/c1-3-20-19(22-14-18(24)23-17-10-11-17)21-12-7-13-25-15(2)16-8-5-4-6-9-16;/h4-6,8-9,15,17H,3,7,10-14H2,1-2H3,(H,23,24)(H2,20,21,22);1H. The highest BCUT2D eigenvalue weighted by Gasteiger charge is 2.22. The van der Waals surface area contributed by atoms with Crippen LogP contribution in [-0.2, 0) is 9.53 Å². The van der Waals surface area contributed by atoms with E-state index in [4.69, 9.17) is 4.74 Å². The molecule has 0 aromatic heterocycles. The summed E-state index contributed by atoms with van der Waals surface area (Å²) in [7, 11) is 0. The molecule has 1 saturated carbocycles. The Morgan fingerprint density at radius 2 is 2.00 bits per heavy atom. The Morgan fingerprint density at radius 3 is 2.65 bits per heavy atom. The largest absolute Gasteiger partial charge is 0.374 e. The number of carbonyl (C=O) groups excluding carboxylic acids is 1. The van der Waals surface area contributed by atoms with E-state index in [2.05, 4.69) is 40.0 Å². The van der Waals surface area contributed by atoms with E-state index < -0.39 is 0 Å². The molecule has 2 rings (SSSR count). The van der Waals surface area contributed by atoms with E-state index in [1.54, 1.807) is 0 Å². The van der Waals surface area contributed by atoms with Gasteiger partial charge in [0.25, 0.3) is 0 Å². The molecule has 1 unspecified atom stereocenters. The minimum atomic E-state index is -0.0141. The summed E-state index contributed by atoms with van der Waals surface area (Å²) in [6.07, 6.45) is 3.15. The fourth-order valence-corrected chi connectivity index (χ4v) is 2.35. The summed E-state index contributed by atoms with van der Waals surface area (Å²) < 4.78 is 5.85. The topological polar surface area (TPSA) is 74.8 Å². The number of nitrogens with zero attached hydrogens (tertiary/aromatic N) is 1. The summed E-state index contributed by atoms with van der Waals surface area (Å²) in [6, 6.07) is 10.6. The Balaban J connectivity index is 0.00000338. The Kier molecular flexibility index (Phi) is 11.3. The molecule has 1 amide bonds. The van der Waals surface area contributed by atoms with E-state index in [-0.39, 0.29) is 42.5 Å². The molecular formula is C19H31IN4O2. The highest BCUT2D eigenvalue weighted by Crippen LogP contribution is 2.18. The second kappa shape index (κ2) is 12.9. The van der Waals surface area contributed by atoms with Crippen LogP contribution >= 0.6 is 24.0 Å². The van der Waals surface area contributed by atoms with Crippen molar-refractivity contribution in [2.75, 3.05) is 26.2 Å². The highest BCUT2D eigenvalue weighted by molar-refractivity contribution is 14.0. The highest BCUT2D eigenvalue weighted by atomic mass is 127. The van der Waals surface area contributed by atoms with Crippen molar-refractivity contribution in [1.29, 1.82) is 0 Å². The Labute approximate surface area is 173 Å². The number of guanidine groups is 1. The van der Waals surface area contributed by atoms with Gasteiger partial charge in [0, 0.05) is 25.7 Å². The average Bonchev–Trinajstić information content (AvgIpc) is 3.43.